The molecule has 0 spiro atoms. The van der Waals surface area contributed by atoms with E-state index in [2.05, 4.69) is 40.1 Å². The van der Waals surface area contributed by atoms with E-state index < -0.39 is 5.59 Å². The predicted octanol–water partition coefficient (Wildman–Crippen LogP) is -2.25. The monoisotopic (exact) mass is 255 g/mol. The molecule has 0 amide bonds. The molecule has 2 rings (SSSR count). The normalized spacial score (nSPS) is 18.2. The van der Waals surface area contributed by atoms with Crippen LogP contribution in [0.4, 0.5) is 0 Å². The van der Waals surface area contributed by atoms with Crippen LogP contribution in [0.25, 0.3) is 0 Å². The molecule has 1 aromatic carbocycles. The van der Waals surface area contributed by atoms with Crippen molar-refractivity contribution in [2.45, 2.75) is 30.2 Å². The van der Waals surface area contributed by atoms with Crippen molar-refractivity contribution in [3.05, 3.63) is 23.8 Å². The molecule has 0 saturated carbocycles. The van der Waals surface area contributed by atoms with Gasteiger partial charge < -0.3 is 14.8 Å². The Kier molecular flexibility index (Phi) is 3.69. The molecule has 0 bridgehead atoms. The quantitative estimate of drug-likeness (QED) is 0.616. The zero-order chi connectivity index (χ0) is 14.3. The average molecular weight is 255 g/mol. The molecule has 0 saturated heterocycles. The van der Waals surface area contributed by atoms with Gasteiger partial charge in [-0.15, -0.1) is 0 Å². The summed E-state index contributed by atoms with van der Waals surface area (Å²) in [5.74, 6) is 1.68. The molecule has 0 fully saturated rings. The highest BCUT2D eigenvalue weighted by Crippen LogP contribution is 2.39. The number of benzene rings is 1. The van der Waals surface area contributed by atoms with Crippen LogP contribution in [-0.4, -0.2) is 50.1 Å². The van der Waals surface area contributed by atoms with Gasteiger partial charge in [0.15, 0.2) is 32.8 Å². The average Bonchev–Trinajstić information content (AvgIpc) is 2.62. The lowest BCUT2D eigenvalue weighted by atomic mass is 9.47. The van der Waals surface area contributed by atoms with Crippen molar-refractivity contribution in [1.82, 2.24) is 5.32 Å². The van der Waals surface area contributed by atoms with Crippen LogP contribution in [0.15, 0.2) is 18.2 Å². The Morgan fingerprint density at radius 3 is 2.47 bits per heavy atom. The second-order valence-corrected chi connectivity index (χ2v) is 6.24. The molecule has 1 heterocycles. The SMILES string of the molecule is BC1(B)Oc2ccc(C(B)(B)[C@H](CC)NC)cc2O1. The Morgan fingerprint density at radius 1 is 1.26 bits per heavy atom. The number of rotatable bonds is 4. The van der Waals surface area contributed by atoms with Gasteiger partial charge in [-0.25, -0.2) is 0 Å². The van der Waals surface area contributed by atoms with Gasteiger partial charge in [-0.3, -0.25) is 0 Å². The molecular formula is C12H21B4NO2. The number of fused-ring (bicyclic) bond motifs is 1. The molecule has 3 nitrogen and oxygen atoms in total. The maximum Gasteiger partial charge on any atom is 0.197 e. The van der Waals surface area contributed by atoms with E-state index in [1.165, 1.54) is 5.56 Å². The van der Waals surface area contributed by atoms with Crippen LogP contribution in [0.1, 0.15) is 18.9 Å². The first kappa shape index (κ1) is 14.4. The van der Waals surface area contributed by atoms with E-state index in [1.54, 1.807) is 0 Å². The summed E-state index contributed by atoms with van der Waals surface area (Å²) in [4.78, 5) is 0. The third-order valence-corrected chi connectivity index (χ3v) is 4.03. The summed E-state index contributed by atoms with van der Waals surface area (Å²) in [6.45, 7) is 2.21. The van der Waals surface area contributed by atoms with Gasteiger partial charge in [-0.1, -0.05) is 18.6 Å². The first-order valence-corrected chi connectivity index (χ1v) is 7.00. The van der Waals surface area contributed by atoms with Gasteiger partial charge in [-0.2, -0.15) is 0 Å². The maximum atomic E-state index is 5.83. The number of hydrogen-bond acceptors (Lipinski definition) is 3. The second kappa shape index (κ2) is 4.86. The molecule has 0 radical (unpaired) electrons. The Bertz CT molecular complexity index is 475. The number of ether oxygens (including phenoxy) is 2. The molecule has 98 valence electrons. The van der Waals surface area contributed by atoms with Crippen LogP contribution in [0.3, 0.4) is 0 Å². The first-order valence-electron chi connectivity index (χ1n) is 7.00. The molecule has 0 unspecified atom stereocenters. The van der Waals surface area contributed by atoms with Crippen molar-refractivity contribution < 1.29 is 9.47 Å². The molecule has 0 aliphatic carbocycles. The van der Waals surface area contributed by atoms with Crippen LogP contribution in [0, 0.1) is 0 Å². The highest BCUT2D eigenvalue weighted by Gasteiger charge is 2.34. The second-order valence-electron chi connectivity index (χ2n) is 6.24. The lowest BCUT2D eigenvalue weighted by Gasteiger charge is -2.34. The fraction of sp³-hybridized carbons (Fsp3) is 0.500. The minimum Gasteiger partial charge on any atom is -0.467 e. The molecule has 1 aromatic rings. The van der Waals surface area contributed by atoms with E-state index in [9.17, 15) is 0 Å². The van der Waals surface area contributed by atoms with Crippen molar-refractivity contribution in [2.75, 3.05) is 7.05 Å². The summed E-state index contributed by atoms with van der Waals surface area (Å²) < 4.78 is 11.6. The van der Waals surface area contributed by atoms with Gasteiger partial charge in [-0.05, 0) is 30.8 Å². The van der Waals surface area contributed by atoms with Crippen LogP contribution in [0.5, 0.6) is 11.5 Å². The molecular weight excluding hydrogens is 233 g/mol. The van der Waals surface area contributed by atoms with E-state index in [4.69, 9.17) is 9.47 Å². The summed E-state index contributed by atoms with van der Waals surface area (Å²) in [5.41, 5.74) is 0.715. The Hall–Kier alpha value is -0.960. The van der Waals surface area contributed by atoms with E-state index >= 15 is 0 Å². The summed E-state index contributed by atoms with van der Waals surface area (Å²) in [6, 6.07) is 6.71. The van der Waals surface area contributed by atoms with Crippen LogP contribution in [-0.2, 0) is 5.21 Å². The standard InChI is InChI=1S/C12H21B4NO2/c1-3-10(17-2)11(13,14)7-4-5-8-9(6-7)19-12(15,16)18-8/h4-6,10,17H,3,13-16H2,1-2H3/t10-/m0/s1. The number of nitrogens with one attached hydrogen (secondary N) is 1. The molecule has 0 aromatic heterocycles. The first-order chi connectivity index (χ1) is 8.80. The molecule has 1 aliphatic rings. The molecule has 1 atom stereocenters. The van der Waals surface area contributed by atoms with Crippen molar-refractivity contribution >= 4 is 31.4 Å². The summed E-state index contributed by atoms with van der Waals surface area (Å²) in [7, 11) is 10.4. The molecule has 1 aliphatic heterocycles. The maximum absolute atomic E-state index is 5.83. The van der Waals surface area contributed by atoms with Gasteiger partial charge in [0.25, 0.3) is 0 Å². The van der Waals surface area contributed by atoms with Gasteiger partial charge in [0.2, 0.25) is 0 Å². The Balaban J connectivity index is 2.34. The molecule has 1 N–H and O–H groups in total. The van der Waals surface area contributed by atoms with Crippen molar-refractivity contribution in [3.63, 3.8) is 0 Å². The van der Waals surface area contributed by atoms with E-state index in [1.807, 2.05) is 28.8 Å². The molecule has 7 heteroatoms. The van der Waals surface area contributed by atoms with Crippen molar-refractivity contribution in [2.24, 2.45) is 0 Å². The van der Waals surface area contributed by atoms with Crippen molar-refractivity contribution in [1.29, 1.82) is 0 Å². The summed E-state index contributed by atoms with van der Waals surface area (Å²) in [6.07, 6.45) is 1.09. The number of likely N-dealkylation sites (N-methyl/N-ethyl adjacent to an activating group) is 1. The highest BCUT2D eigenvalue weighted by molar-refractivity contribution is 6.41. The fourth-order valence-corrected chi connectivity index (χ4v) is 2.90. The van der Waals surface area contributed by atoms with E-state index in [-0.39, 0.29) is 5.21 Å². The smallest absolute Gasteiger partial charge is 0.197 e. The van der Waals surface area contributed by atoms with E-state index in [0.717, 1.165) is 17.9 Å². The van der Waals surface area contributed by atoms with Gasteiger partial charge >= 0.3 is 0 Å². The minimum absolute atomic E-state index is 0.0502. The lowest BCUT2D eigenvalue weighted by Crippen LogP contribution is -2.48. The Morgan fingerprint density at radius 2 is 1.89 bits per heavy atom. The van der Waals surface area contributed by atoms with Gasteiger partial charge in [0, 0.05) is 6.04 Å². The van der Waals surface area contributed by atoms with Crippen LogP contribution >= 0.6 is 0 Å². The number of hydrogen-bond donors (Lipinski definition) is 1. The lowest BCUT2D eigenvalue weighted by molar-refractivity contribution is 0.0833. The van der Waals surface area contributed by atoms with Gasteiger partial charge in [0.05, 0.1) is 0 Å². The van der Waals surface area contributed by atoms with Crippen LogP contribution in [0.2, 0.25) is 0 Å². The Labute approximate surface area is 119 Å². The van der Waals surface area contributed by atoms with Crippen LogP contribution < -0.4 is 14.8 Å². The fourth-order valence-electron chi connectivity index (χ4n) is 2.90. The zero-order valence-electron chi connectivity index (χ0n) is 12.8. The van der Waals surface area contributed by atoms with E-state index in [0.29, 0.717) is 6.04 Å². The third-order valence-electron chi connectivity index (χ3n) is 4.03. The predicted molar refractivity (Wildman–Crippen MR) is 89.4 cm³/mol. The largest absolute Gasteiger partial charge is 0.467 e. The summed E-state index contributed by atoms with van der Waals surface area (Å²) >= 11 is 0. The van der Waals surface area contributed by atoms with Crippen molar-refractivity contribution in [3.8, 4) is 11.5 Å². The van der Waals surface area contributed by atoms with Gasteiger partial charge in [0.1, 0.15) is 15.7 Å². The summed E-state index contributed by atoms with van der Waals surface area (Å²) in [5, 5.41) is 3.45. The minimum atomic E-state index is -0.557. The topological polar surface area (TPSA) is 30.5 Å². The molecule has 19 heavy (non-hydrogen) atoms. The third kappa shape index (κ3) is 2.66. The zero-order valence-corrected chi connectivity index (χ0v) is 12.8. The highest BCUT2D eigenvalue weighted by atomic mass is 16.7.